The van der Waals surface area contributed by atoms with E-state index in [4.69, 9.17) is 33.3 Å². The molecule has 0 saturated carbocycles. The number of rotatable bonds is 4. The molecule has 0 atom stereocenters. The van der Waals surface area contributed by atoms with Gasteiger partial charge < -0.3 is 20.1 Å². The van der Waals surface area contributed by atoms with Crippen LogP contribution in [0, 0.1) is 0 Å². The van der Waals surface area contributed by atoms with Gasteiger partial charge in [0.15, 0.2) is 16.6 Å². The summed E-state index contributed by atoms with van der Waals surface area (Å²) in [5.41, 5.74) is 1.59. The Balaban J connectivity index is 2.07. The number of ether oxygens (including phenoxy) is 2. The number of hydrogen-bond donors (Lipinski definition) is 2. The Labute approximate surface area is 147 Å². The molecule has 2 aromatic rings. The molecule has 0 aromatic heterocycles. The van der Waals surface area contributed by atoms with Crippen LogP contribution in [0.1, 0.15) is 0 Å². The van der Waals surface area contributed by atoms with Gasteiger partial charge in [-0.15, -0.1) is 0 Å². The third-order valence-electron chi connectivity index (χ3n) is 2.82. The van der Waals surface area contributed by atoms with Crippen LogP contribution in [0.25, 0.3) is 0 Å². The van der Waals surface area contributed by atoms with Crippen LogP contribution >= 0.6 is 39.7 Å². The number of hydrogen-bond acceptors (Lipinski definition) is 3. The van der Waals surface area contributed by atoms with Gasteiger partial charge in [-0.25, -0.2) is 0 Å². The quantitative estimate of drug-likeness (QED) is 0.711. The van der Waals surface area contributed by atoms with Crippen LogP contribution in [0.4, 0.5) is 11.4 Å². The summed E-state index contributed by atoms with van der Waals surface area (Å²) in [6.07, 6.45) is 0. The molecular formula is C15H14BrClN2O2S. The minimum atomic E-state index is 0.450. The van der Waals surface area contributed by atoms with Crippen molar-refractivity contribution in [1.29, 1.82) is 0 Å². The van der Waals surface area contributed by atoms with E-state index in [1.807, 2.05) is 18.2 Å². The van der Waals surface area contributed by atoms with Crippen LogP contribution in [0.15, 0.2) is 40.9 Å². The van der Waals surface area contributed by atoms with Crippen molar-refractivity contribution in [2.75, 3.05) is 24.9 Å². The van der Waals surface area contributed by atoms with Gasteiger partial charge in [0.1, 0.15) is 0 Å². The maximum Gasteiger partial charge on any atom is 0.175 e. The van der Waals surface area contributed by atoms with Gasteiger partial charge in [-0.1, -0.05) is 11.6 Å². The lowest BCUT2D eigenvalue weighted by molar-refractivity contribution is 0.355. The van der Waals surface area contributed by atoms with E-state index >= 15 is 0 Å². The molecule has 0 amide bonds. The van der Waals surface area contributed by atoms with E-state index in [9.17, 15) is 0 Å². The molecule has 0 fully saturated rings. The molecule has 0 heterocycles. The fourth-order valence-corrected chi connectivity index (χ4v) is 2.44. The number of anilines is 2. The molecule has 2 rings (SSSR count). The van der Waals surface area contributed by atoms with Crippen molar-refractivity contribution < 1.29 is 9.47 Å². The fraction of sp³-hybridized carbons (Fsp3) is 0.133. The van der Waals surface area contributed by atoms with Gasteiger partial charge in [0.2, 0.25) is 0 Å². The Bertz CT molecular complexity index is 697. The normalized spacial score (nSPS) is 10.0. The summed E-state index contributed by atoms with van der Waals surface area (Å²) >= 11 is 14.7. The highest BCUT2D eigenvalue weighted by Gasteiger charge is 2.06. The smallest absolute Gasteiger partial charge is 0.175 e. The molecule has 0 saturated heterocycles. The molecule has 0 bridgehead atoms. The molecule has 0 unspecified atom stereocenters. The number of methoxy groups -OCH3 is 2. The van der Waals surface area contributed by atoms with E-state index in [0.29, 0.717) is 21.6 Å². The van der Waals surface area contributed by atoms with Crippen molar-refractivity contribution in [3.05, 3.63) is 45.9 Å². The van der Waals surface area contributed by atoms with Crippen LogP contribution in [0.2, 0.25) is 5.02 Å². The van der Waals surface area contributed by atoms with Crippen LogP contribution in [0.5, 0.6) is 11.5 Å². The standard InChI is InChI=1S/C15H14BrClN2O2S/c1-20-13-6-4-10(8-14(13)21-2)19-15(22)18-9-3-5-11(16)12(17)7-9/h3-8H,1-2H3,(H2,18,19,22). The largest absolute Gasteiger partial charge is 0.493 e. The lowest BCUT2D eigenvalue weighted by Gasteiger charge is -2.13. The predicted octanol–water partition coefficient (Wildman–Crippen LogP) is 4.93. The molecule has 2 N–H and O–H groups in total. The first-order valence-electron chi connectivity index (χ1n) is 6.28. The first-order chi connectivity index (χ1) is 10.5. The minimum absolute atomic E-state index is 0.450. The summed E-state index contributed by atoms with van der Waals surface area (Å²) in [4.78, 5) is 0. The van der Waals surface area contributed by atoms with Crippen molar-refractivity contribution >= 4 is 56.2 Å². The summed E-state index contributed by atoms with van der Waals surface area (Å²) in [7, 11) is 3.18. The zero-order chi connectivity index (χ0) is 16.1. The van der Waals surface area contributed by atoms with Gasteiger partial charge >= 0.3 is 0 Å². The maximum absolute atomic E-state index is 6.05. The van der Waals surface area contributed by atoms with E-state index < -0.39 is 0 Å². The van der Waals surface area contributed by atoms with Crippen molar-refractivity contribution in [3.8, 4) is 11.5 Å². The lowest BCUT2D eigenvalue weighted by Crippen LogP contribution is -2.19. The highest BCUT2D eigenvalue weighted by atomic mass is 79.9. The lowest BCUT2D eigenvalue weighted by atomic mass is 10.2. The van der Waals surface area contributed by atoms with E-state index in [-0.39, 0.29) is 0 Å². The summed E-state index contributed by atoms with van der Waals surface area (Å²) in [5, 5.41) is 7.21. The van der Waals surface area contributed by atoms with Crippen molar-refractivity contribution in [2.45, 2.75) is 0 Å². The van der Waals surface area contributed by atoms with Gasteiger partial charge in [-0.2, -0.15) is 0 Å². The van der Waals surface area contributed by atoms with Crippen LogP contribution in [-0.4, -0.2) is 19.3 Å². The summed E-state index contributed by atoms with van der Waals surface area (Å²) in [5.74, 6) is 1.29. The molecule has 0 radical (unpaired) electrons. The predicted molar refractivity (Wildman–Crippen MR) is 98.5 cm³/mol. The average molecular weight is 402 g/mol. The van der Waals surface area contributed by atoms with E-state index in [2.05, 4.69) is 26.6 Å². The molecule has 0 spiro atoms. The zero-order valence-electron chi connectivity index (χ0n) is 11.9. The van der Waals surface area contributed by atoms with Gasteiger partial charge in [0.25, 0.3) is 0 Å². The molecule has 4 nitrogen and oxygen atoms in total. The minimum Gasteiger partial charge on any atom is -0.493 e. The van der Waals surface area contributed by atoms with Crippen LogP contribution in [-0.2, 0) is 0 Å². The Morgan fingerprint density at radius 1 is 1.00 bits per heavy atom. The average Bonchev–Trinajstić information content (AvgIpc) is 2.50. The number of nitrogens with one attached hydrogen (secondary N) is 2. The Kier molecular flexibility index (Phi) is 5.88. The molecule has 7 heteroatoms. The van der Waals surface area contributed by atoms with Gasteiger partial charge in [0, 0.05) is 21.9 Å². The second kappa shape index (κ2) is 7.67. The molecule has 2 aromatic carbocycles. The van der Waals surface area contributed by atoms with E-state index in [0.717, 1.165) is 15.8 Å². The second-order valence-electron chi connectivity index (χ2n) is 4.28. The zero-order valence-corrected chi connectivity index (χ0v) is 15.1. The van der Waals surface area contributed by atoms with Crippen LogP contribution < -0.4 is 20.1 Å². The Morgan fingerprint density at radius 2 is 1.59 bits per heavy atom. The SMILES string of the molecule is COc1ccc(NC(=S)Nc2ccc(Br)c(Cl)c2)cc1OC. The monoisotopic (exact) mass is 400 g/mol. The van der Waals surface area contributed by atoms with Gasteiger partial charge in [-0.05, 0) is 58.5 Å². The third-order valence-corrected chi connectivity index (χ3v) is 4.26. The first kappa shape index (κ1) is 16.9. The molecule has 0 aliphatic carbocycles. The van der Waals surface area contributed by atoms with E-state index in [1.165, 1.54) is 0 Å². The molecular weight excluding hydrogens is 388 g/mol. The number of benzene rings is 2. The summed E-state index contributed by atoms with van der Waals surface area (Å²) in [6.45, 7) is 0. The maximum atomic E-state index is 6.05. The summed E-state index contributed by atoms with van der Waals surface area (Å²) in [6, 6.07) is 11.0. The number of halogens is 2. The summed E-state index contributed by atoms with van der Waals surface area (Å²) < 4.78 is 11.3. The molecule has 22 heavy (non-hydrogen) atoms. The van der Waals surface area contributed by atoms with Crippen molar-refractivity contribution in [1.82, 2.24) is 0 Å². The third kappa shape index (κ3) is 4.25. The Morgan fingerprint density at radius 3 is 2.18 bits per heavy atom. The Hall–Kier alpha value is -1.50. The van der Waals surface area contributed by atoms with E-state index in [1.54, 1.807) is 32.4 Å². The highest BCUT2D eigenvalue weighted by molar-refractivity contribution is 9.10. The van der Waals surface area contributed by atoms with Crippen molar-refractivity contribution in [2.24, 2.45) is 0 Å². The van der Waals surface area contributed by atoms with Crippen LogP contribution in [0.3, 0.4) is 0 Å². The van der Waals surface area contributed by atoms with Gasteiger partial charge in [-0.3, -0.25) is 0 Å². The molecule has 0 aliphatic heterocycles. The second-order valence-corrected chi connectivity index (χ2v) is 5.95. The fourth-order valence-electron chi connectivity index (χ4n) is 1.78. The number of thiocarbonyl (C=S) groups is 1. The topological polar surface area (TPSA) is 42.5 Å². The van der Waals surface area contributed by atoms with Gasteiger partial charge in [0.05, 0.1) is 19.2 Å². The first-order valence-corrected chi connectivity index (χ1v) is 7.86. The van der Waals surface area contributed by atoms with Crippen molar-refractivity contribution in [3.63, 3.8) is 0 Å². The highest BCUT2D eigenvalue weighted by Crippen LogP contribution is 2.30. The molecule has 116 valence electrons. The molecule has 0 aliphatic rings.